The molecular weight excluding hydrogens is 404 g/mol. The Morgan fingerprint density at radius 2 is 1.61 bits per heavy atom. The van der Waals surface area contributed by atoms with Gasteiger partial charge in [-0.1, -0.05) is 18.2 Å². The minimum atomic E-state index is -0.647. The summed E-state index contributed by atoms with van der Waals surface area (Å²) in [5, 5.41) is 9.66. The number of benzene rings is 2. The van der Waals surface area contributed by atoms with E-state index in [1.807, 2.05) is 0 Å². The largest absolute Gasteiger partial charge is 0.497 e. The fourth-order valence-electron chi connectivity index (χ4n) is 2.81. The van der Waals surface area contributed by atoms with Gasteiger partial charge in [0, 0.05) is 5.39 Å². The van der Waals surface area contributed by atoms with E-state index in [0.717, 1.165) is 4.68 Å². The number of hydrogen-bond acceptors (Lipinski definition) is 7. The topological polar surface area (TPSA) is 129 Å². The van der Waals surface area contributed by atoms with E-state index in [0.29, 0.717) is 22.2 Å². The van der Waals surface area contributed by atoms with E-state index in [4.69, 9.17) is 4.74 Å². The normalized spacial score (nSPS) is 10.4. The molecule has 0 bridgehead atoms. The second-order valence-electron chi connectivity index (χ2n) is 6.34. The zero-order valence-electron chi connectivity index (χ0n) is 16.9. The highest BCUT2D eigenvalue weighted by atomic mass is 16.5. The minimum Gasteiger partial charge on any atom is -0.497 e. The molecule has 0 atom stereocenters. The first-order chi connectivity index (χ1) is 14.9. The lowest BCUT2D eigenvalue weighted by Gasteiger charge is -2.12. The number of fused-ring (bicyclic) bond motifs is 1. The summed E-state index contributed by atoms with van der Waals surface area (Å²) in [6.07, 6.45) is 0. The Labute approximate surface area is 176 Å². The Morgan fingerprint density at radius 1 is 0.935 bits per heavy atom. The maximum absolute atomic E-state index is 12.9. The van der Waals surface area contributed by atoms with Crippen LogP contribution in [0, 0.1) is 0 Å². The number of esters is 1. The number of methoxy groups -OCH3 is 2. The van der Waals surface area contributed by atoms with Crippen molar-refractivity contribution >= 4 is 28.6 Å². The summed E-state index contributed by atoms with van der Waals surface area (Å²) < 4.78 is 10.7. The van der Waals surface area contributed by atoms with Crippen molar-refractivity contribution in [3.8, 4) is 11.4 Å². The molecule has 160 valence electrons. The molecule has 3 aromatic rings. The highest BCUT2D eigenvalue weighted by Crippen LogP contribution is 2.17. The second-order valence-corrected chi connectivity index (χ2v) is 6.34. The van der Waals surface area contributed by atoms with Crippen LogP contribution >= 0.6 is 0 Å². The Hall–Kier alpha value is -4.21. The second kappa shape index (κ2) is 9.53. The van der Waals surface area contributed by atoms with Gasteiger partial charge in [-0.15, -0.1) is 0 Å². The van der Waals surface area contributed by atoms with Crippen LogP contribution in [0.4, 0.5) is 0 Å². The standard InChI is InChI=1S/C21H20N4O6/c1-30-14-9-7-13(8-10-14)25-21(29)16-6-4-3-5-15(16)19(24-25)20(28)23-11-17(26)22-12-18(27)31-2/h3-10H,11-12H2,1-2H3,(H,22,26)(H,23,28). The first-order valence-electron chi connectivity index (χ1n) is 9.22. The number of carbonyl (C=O) groups excluding carboxylic acids is 3. The summed E-state index contributed by atoms with van der Waals surface area (Å²) in [5.74, 6) is -1.23. The van der Waals surface area contributed by atoms with E-state index in [9.17, 15) is 19.2 Å². The number of carbonyl (C=O) groups is 3. The van der Waals surface area contributed by atoms with Gasteiger partial charge in [0.25, 0.3) is 11.5 Å². The highest BCUT2D eigenvalue weighted by molar-refractivity contribution is 6.05. The zero-order chi connectivity index (χ0) is 22.4. The molecule has 3 rings (SSSR count). The van der Waals surface area contributed by atoms with Crippen molar-refractivity contribution in [2.24, 2.45) is 0 Å². The molecule has 0 unspecified atom stereocenters. The molecule has 31 heavy (non-hydrogen) atoms. The van der Waals surface area contributed by atoms with E-state index >= 15 is 0 Å². The number of aromatic nitrogens is 2. The Balaban J connectivity index is 1.91. The summed E-state index contributed by atoms with van der Waals surface area (Å²) >= 11 is 0. The van der Waals surface area contributed by atoms with Crippen LogP contribution in [0.5, 0.6) is 5.75 Å². The van der Waals surface area contributed by atoms with Crippen molar-refractivity contribution in [3.63, 3.8) is 0 Å². The van der Waals surface area contributed by atoms with Gasteiger partial charge in [-0.2, -0.15) is 9.78 Å². The van der Waals surface area contributed by atoms with Crippen LogP contribution in [-0.2, 0) is 14.3 Å². The van der Waals surface area contributed by atoms with Gasteiger partial charge in [0.05, 0.1) is 31.8 Å². The van der Waals surface area contributed by atoms with E-state index < -0.39 is 23.3 Å². The van der Waals surface area contributed by atoms with Crippen molar-refractivity contribution in [1.29, 1.82) is 0 Å². The van der Waals surface area contributed by atoms with Crippen molar-refractivity contribution in [3.05, 3.63) is 64.6 Å². The molecule has 0 saturated carbocycles. The third kappa shape index (κ3) is 4.86. The van der Waals surface area contributed by atoms with Gasteiger partial charge in [-0.3, -0.25) is 19.2 Å². The number of hydrogen-bond donors (Lipinski definition) is 2. The van der Waals surface area contributed by atoms with E-state index in [1.165, 1.54) is 14.2 Å². The molecule has 0 aliphatic carbocycles. The average molecular weight is 424 g/mol. The van der Waals surface area contributed by atoms with Gasteiger partial charge < -0.3 is 20.1 Å². The van der Waals surface area contributed by atoms with Crippen LogP contribution in [-0.4, -0.2) is 54.9 Å². The van der Waals surface area contributed by atoms with Crippen molar-refractivity contribution < 1.29 is 23.9 Å². The molecule has 10 heteroatoms. The van der Waals surface area contributed by atoms with E-state index in [1.54, 1.807) is 48.5 Å². The van der Waals surface area contributed by atoms with Gasteiger partial charge in [-0.05, 0) is 30.3 Å². The molecule has 0 aliphatic rings. The quantitative estimate of drug-likeness (QED) is 0.526. The Kier molecular flexibility index (Phi) is 6.61. The molecule has 2 N–H and O–H groups in total. The van der Waals surface area contributed by atoms with Crippen LogP contribution in [0.1, 0.15) is 10.5 Å². The number of rotatable bonds is 7. The lowest BCUT2D eigenvalue weighted by atomic mass is 10.1. The number of nitrogens with zero attached hydrogens (tertiary/aromatic N) is 2. The molecular formula is C21H20N4O6. The Bertz CT molecular complexity index is 1190. The van der Waals surface area contributed by atoms with Gasteiger partial charge in [-0.25, -0.2) is 0 Å². The molecule has 0 spiro atoms. The predicted molar refractivity (Wildman–Crippen MR) is 111 cm³/mol. The van der Waals surface area contributed by atoms with Gasteiger partial charge in [0.15, 0.2) is 5.69 Å². The molecule has 1 heterocycles. The van der Waals surface area contributed by atoms with Crippen LogP contribution in [0.3, 0.4) is 0 Å². The third-order valence-electron chi connectivity index (χ3n) is 4.40. The highest BCUT2D eigenvalue weighted by Gasteiger charge is 2.18. The molecule has 0 radical (unpaired) electrons. The first kappa shape index (κ1) is 21.5. The minimum absolute atomic E-state index is 0.0215. The molecule has 0 fully saturated rings. The van der Waals surface area contributed by atoms with Gasteiger partial charge in [0.2, 0.25) is 5.91 Å². The Morgan fingerprint density at radius 3 is 2.26 bits per heavy atom. The number of nitrogens with one attached hydrogen (secondary N) is 2. The van der Waals surface area contributed by atoms with E-state index in [-0.39, 0.29) is 18.8 Å². The fraction of sp³-hybridized carbons (Fsp3) is 0.190. The maximum atomic E-state index is 12.9. The van der Waals surface area contributed by atoms with Gasteiger partial charge in [0.1, 0.15) is 12.3 Å². The van der Waals surface area contributed by atoms with E-state index in [2.05, 4.69) is 20.5 Å². The maximum Gasteiger partial charge on any atom is 0.325 e. The molecule has 10 nitrogen and oxygen atoms in total. The van der Waals surface area contributed by atoms with Gasteiger partial charge >= 0.3 is 5.97 Å². The molecule has 0 saturated heterocycles. The fourth-order valence-corrected chi connectivity index (χ4v) is 2.81. The summed E-state index contributed by atoms with van der Waals surface area (Å²) in [6, 6.07) is 13.2. The predicted octanol–water partition coefficient (Wildman–Crippen LogP) is 0.413. The van der Waals surface area contributed by atoms with Crippen molar-refractivity contribution in [2.75, 3.05) is 27.3 Å². The number of amides is 2. The molecule has 1 aromatic heterocycles. The number of ether oxygens (including phenoxy) is 2. The summed E-state index contributed by atoms with van der Waals surface area (Å²) in [4.78, 5) is 48.6. The molecule has 0 aliphatic heterocycles. The average Bonchev–Trinajstić information content (AvgIpc) is 2.81. The van der Waals surface area contributed by atoms with Crippen molar-refractivity contribution in [1.82, 2.24) is 20.4 Å². The lowest BCUT2D eigenvalue weighted by Crippen LogP contribution is -2.40. The summed E-state index contributed by atoms with van der Waals surface area (Å²) in [7, 11) is 2.73. The summed E-state index contributed by atoms with van der Waals surface area (Å²) in [5.41, 5.74) is 0.0290. The van der Waals surface area contributed by atoms with Crippen LogP contribution in [0.25, 0.3) is 16.5 Å². The zero-order valence-corrected chi connectivity index (χ0v) is 16.9. The summed E-state index contributed by atoms with van der Waals surface area (Å²) in [6.45, 7) is -0.692. The lowest BCUT2D eigenvalue weighted by molar-refractivity contribution is -0.141. The smallest absolute Gasteiger partial charge is 0.325 e. The van der Waals surface area contributed by atoms with Crippen molar-refractivity contribution in [2.45, 2.75) is 0 Å². The third-order valence-corrected chi connectivity index (χ3v) is 4.40. The first-order valence-corrected chi connectivity index (χ1v) is 9.22. The molecule has 2 amide bonds. The monoisotopic (exact) mass is 424 g/mol. The van der Waals surface area contributed by atoms with Crippen LogP contribution in [0.2, 0.25) is 0 Å². The molecule has 2 aromatic carbocycles. The SMILES string of the molecule is COC(=O)CNC(=O)CNC(=O)c1nn(-c2ccc(OC)cc2)c(=O)c2ccccc12. The van der Waals surface area contributed by atoms with Crippen LogP contribution in [0.15, 0.2) is 53.3 Å². The van der Waals surface area contributed by atoms with Crippen LogP contribution < -0.4 is 20.9 Å².